The Morgan fingerprint density at radius 2 is 2.25 bits per heavy atom. The fourth-order valence-electron chi connectivity index (χ4n) is 0.904. The predicted octanol–water partition coefficient (Wildman–Crippen LogP) is 0.374. The van der Waals surface area contributed by atoms with Gasteiger partial charge in [0.15, 0.2) is 0 Å². The molecule has 0 heterocycles. The Morgan fingerprint density at radius 1 is 1.58 bits per heavy atom. The van der Waals surface area contributed by atoms with Crippen molar-refractivity contribution in [1.82, 2.24) is 10.2 Å². The van der Waals surface area contributed by atoms with E-state index in [-0.39, 0.29) is 5.91 Å². The van der Waals surface area contributed by atoms with Crippen molar-refractivity contribution in [3.05, 3.63) is 0 Å². The average Bonchev–Trinajstić information content (AvgIpc) is 2.05. The van der Waals surface area contributed by atoms with Crippen molar-refractivity contribution in [2.45, 2.75) is 12.8 Å². The van der Waals surface area contributed by atoms with E-state index in [2.05, 4.69) is 17.9 Å². The molecule has 0 saturated heterocycles. The fourth-order valence-corrected chi connectivity index (χ4v) is 1.10. The number of nitrogens with zero attached hydrogens (tertiary/aromatic N) is 1. The topological polar surface area (TPSA) is 32.3 Å². The van der Waals surface area contributed by atoms with Crippen molar-refractivity contribution in [2.24, 2.45) is 0 Å². The molecule has 0 spiro atoms. The molecular weight excluding hydrogens is 172 g/mol. The highest BCUT2D eigenvalue weighted by Gasteiger charge is 2.05. The Bertz CT molecular complexity index is 130. The molecular formula is C8H18N2OS. The largest absolute Gasteiger partial charge is 0.346 e. The lowest BCUT2D eigenvalue weighted by Gasteiger charge is -2.16. The maximum absolute atomic E-state index is 11.2. The van der Waals surface area contributed by atoms with Crippen LogP contribution in [-0.2, 0) is 4.79 Å². The molecule has 0 fully saturated rings. The van der Waals surface area contributed by atoms with E-state index in [1.165, 1.54) is 0 Å². The van der Waals surface area contributed by atoms with Crippen LogP contribution in [-0.4, -0.2) is 43.7 Å². The molecule has 0 aromatic rings. The molecule has 0 bridgehead atoms. The van der Waals surface area contributed by atoms with Gasteiger partial charge in [0, 0.05) is 20.0 Å². The molecule has 72 valence electrons. The van der Waals surface area contributed by atoms with Crippen LogP contribution in [0.15, 0.2) is 0 Å². The summed E-state index contributed by atoms with van der Waals surface area (Å²) in [5.74, 6) is 0.816. The summed E-state index contributed by atoms with van der Waals surface area (Å²) in [5, 5.41) is 3.04. The third-order valence-corrected chi connectivity index (χ3v) is 1.90. The molecule has 0 atom stereocenters. The van der Waals surface area contributed by atoms with Crippen molar-refractivity contribution in [3.8, 4) is 0 Å². The highest BCUT2D eigenvalue weighted by molar-refractivity contribution is 7.80. The van der Waals surface area contributed by atoms with Crippen LogP contribution in [0.1, 0.15) is 12.8 Å². The molecule has 3 nitrogen and oxygen atoms in total. The van der Waals surface area contributed by atoms with E-state index in [4.69, 9.17) is 0 Å². The van der Waals surface area contributed by atoms with Gasteiger partial charge in [0.05, 0.1) is 0 Å². The summed E-state index contributed by atoms with van der Waals surface area (Å²) in [7, 11) is 3.75. The number of hydrogen-bond donors (Lipinski definition) is 2. The monoisotopic (exact) mass is 190 g/mol. The molecule has 1 amide bonds. The zero-order valence-corrected chi connectivity index (χ0v) is 8.73. The molecule has 1 N–H and O–H groups in total. The summed E-state index contributed by atoms with van der Waals surface area (Å²) in [5.41, 5.74) is 0. The Labute approximate surface area is 79.9 Å². The third-order valence-electron chi connectivity index (χ3n) is 1.67. The minimum absolute atomic E-state index is 0.182. The van der Waals surface area contributed by atoms with Gasteiger partial charge in [-0.2, -0.15) is 12.6 Å². The van der Waals surface area contributed by atoms with Gasteiger partial charge in [0.2, 0.25) is 5.91 Å². The lowest BCUT2D eigenvalue weighted by atomic mass is 10.3. The summed E-state index contributed by atoms with van der Waals surface area (Å²) in [6, 6.07) is 0. The number of amides is 1. The number of carbonyl (C=O) groups excluding carboxylic acids is 1. The fraction of sp³-hybridized carbons (Fsp3) is 0.875. The molecule has 0 unspecified atom stereocenters. The van der Waals surface area contributed by atoms with Crippen molar-refractivity contribution in [3.63, 3.8) is 0 Å². The van der Waals surface area contributed by atoms with Gasteiger partial charge in [-0.05, 0) is 25.8 Å². The Kier molecular flexibility index (Phi) is 7.29. The van der Waals surface area contributed by atoms with Gasteiger partial charge in [0.1, 0.15) is 0 Å². The first-order chi connectivity index (χ1) is 5.72. The van der Waals surface area contributed by atoms with Gasteiger partial charge in [-0.25, -0.2) is 0 Å². The van der Waals surface area contributed by atoms with E-state index < -0.39 is 0 Å². The highest BCUT2D eigenvalue weighted by Crippen LogP contribution is 1.93. The average molecular weight is 190 g/mol. The predicted molar refractivity (Wildman–Crippen MR) is 54.7 cm³/mol. The van der Waals surface area contributed by atoms with E-state index in [1.807, 2.05) is 14.1 Å². The van der Waals surface area contributed by atoms with Crippen LogP contribution in [0, 0.1) is 0 Å². The molecule has 0 saturated carbocycles. The van der Waals surface area contributed by atoms with E-state index in [9.17, 15) is 4.79 Å². The molecule has 0 aliphatic carbocycles. The van der Waals surface area contributed by atoms with E-state index >= 15 is 0 Å². The summed E-state index contributed by atoms with van der Waals surface area (Å²) < 4.78 is 0. The molecule has 0 aliphatic rings. The van der Waals surface area contributed by atoms with Gasteiger partial charge < -0.3 is 10.2 Å². The second kappa shape index (κ2) is 7.43. The second-order valence-electron chi connectivity index (χ2n) is 2.75. The summed E-state index contributed by atoms with van der Waals surface area (Å²) >= 11 is 4.00. The smallest absolute Gasteiger partial charge is 0.223 e. The van der Waals surface area contributed by atoms with Crippen LogP contribution >= 0.6 is 12.6 Å². The third kappa shape index (κ3) is 5.43. The lowest BCUT2D eigenvalue weighted by molar-refractivity contribution is -0.129. The molecule has 4 heteroatoms. The molecule has 0 aromatic heterocycles. The van der Waals surface area contributed by atoms with Gasteiger partial charge in [-0.15, -0.1) is 0 Å². The summed E-state index contributed by atoms with van der Waals surface area (Å²) in [6.07, 6.45) is 1.55. The van der Waals surface area contributed by atoms with Crippen molar-refractivity contribution in [2.75, 3.05) is 32.9 Å². The van der Waals surface area contributed by atoms with Crippen molar-refractivity contribution < 1.29 is 4.79 Å². The number of thiol groups is 1. The van der Waals surface area contributed by atoms with Crippen LogP contribution in [0.2, 0.25) is 0 Å². The molecule has 0 radical (unpaired) electrons. The minimum atomic E-state index is 0.182. The minimum Gasteiger partial charge on any atom is -0.346 e. The van der Waals surface area contributed by atoms with Gasteiger partial charge in [-0.3, -0.25) is 4.79 Å². The van der Waals surface area contributed by atoms with Crippen LogP contribution in [0.25, 0.3) is 0 Å². The van der Waals surface area contributed by atoms with Crippen molar-refractivity contribution >= 4 is 18.5 Å². The van der Waals surface area contributed by atoms with Gasteiger partial charge in [-0.1, -0.05) is 0 Å². The second-order valence-corrected chi connectivity index (χ2v) is 3.19. The first-order valence-corrected chi connectivity index (χ1v) is 4.85. The summed E-state index contributed by atoms with van der Waals surface area (Å²) in [6.45, 7) is 1.78. The maximum Gasteiger partial charge on any atom is 0.223 e. The normalized spacial score (nSPS) is 9.92. The van der Waals surface area contributed by atoms with E-state index in [0.29, 0.717) is 12.2 Å². The Hall–Kier alpha value is -0.220. The van der Waals surface area contributed by atoms with Crippen LogP contribution in [0.4, 0.5) is 0 Å². The van der Waals surface area contributed by atoms with Crippen LogP contribution in [0.3, 0.4) is 0 Å². The SMILES string of the molecule is CNCCCN(C)C(=O)CCS. The number of hydrogen-bond acceptors (Lipinski definition) is 3. The molecule has 0 aromatic carbocycles. The van der Waals surface area contributed by atoms with E-state index in [1.54, 1.807) is 4.90 Å². The number of carbonyl (C=O) groups is 1. The number of rotatable bonds is 6. The summed E-state index contributed by atoms with van der Waals surface area (Å²) in [4.78, 5) is 13.0. The highest BCUT2D eigenvalue weighted by atomic mass is 32.1. The number of nitrogens with one attached hydrogen (secondary N) is 1. The molecule has 0 aliphatic heterocycles. The standard InChI is InChI=1S/C8H18N2OS/c1-9-5-3-6-10(2)8(11)4-7-12/h9,12H,3-7H2,1-2H3. The Balaban J connectivity index is 3.42. The Morgan fingerprint density at radius 3 is 2.75 bits per heavy atom. The zero-order chi connectivity index (χ0) is 9.40. The molecule has 12 heavy (non-hydrogen) atoms. The van der Waals surface area contributed by atoms with Crippen LogP contribution < -0.4 is 5.32 Å². The van der Waals surface area contributed by atoms with Crippen molar-refractivity contribution in [1.29, 1.82) is 0 Å². The lowest BCUT2D eigenvalue weighted by Crippen LogP contribution is -2.29. The van der Waals surface area contributed by atoms with Gasteiger partial charge >= 0.3 is 0 Å². The first kappa shape index (κ1) is 11.8. The van der Waals surface area contributed by atoms with E-state index in [0.717, 1.165) is 19.5 Å². The quantitative estimate of drug-likeness (QED) is 0.469. The maximum atomic E-state index is 11.2. The first-order valence-electron chi connectivity index (χ1n) is 4.21. The van der Waals surface area contributed by atoms with Gasteiger partial charge in [0.25, 0.3) is 0 Å². The van der Waals surface area contributed by atoms with Crippen LogP contribution in [0.5, 0.6) is 0 Å². The zero-order valence-electron chi connectivity index (χ0n) is 7.84. The molecule has 0 rings (SSSR count).